The number of amides is 1. The molecular weight excluding hydrogens is 289 g/mol. The minimum atomic E-state index is -0.395. The van der Waals surface area contributed by atoms with Crippen molar-refractivity contribution in [3.05, 3.63) is 53.8 Å². The standard InChI is InChI=1S/C15H12FN3OS/c16-11-4-5-13(18)14(7-11)21-9-15(20)19-12-3-1-2-10(6-12)8-17/h1-7H,9,18H2,(H,19,20). The van der Waals surface area contributed by atoms with Crippen LogP contribution in [-0.4, -0.2) is 11.7 Å². The number of nitrogens with zero attached hydrogens (tertiary/aromatic N) is 1. The lowest BCUT2D eigenvalue weighted by Crippen LogP contribution is -2.14. The molecule has 0 aliphatic heterocycles. The predicted octanol–water partition coefficient (Wildman–Crippen LogP) is 3.01. The summed E-state index contributed by atoms with van der Waals surface area (Å²) in [6.45, 7) is 0. The Labute approximate surface area is 125 Å². The van der Waals surface area contributed by atoms with E-state index in [0.717, 1.165) is 11.8 Å². The number of carbonyl (C=O) groups excluding carboxylic acids is 1. The molecule has 0 bridgehead atoms. The molecule has 0 aliphatic rings. The first-order valence-corrected chi connectivity index (χ1v) is 7.05. The predicted molar refractivity (Wildman–Crippen MR) is 81.3 cm³/mol. The van der Waals surface area contributed by atoms with E-state index in [1.165, 1.54) is 18.2 Å². The number of nitrogens with two attached hydrogens (primary N) is 1. The lowest BCUT2D eigenvalue weighted by Gasteiger charge is -2.07. The summed E-state index contributed by atoms with van der Waals surface area (Å²) < 4.78 is 13.1. The summed E-state index contributed by atoms with van der Waals surface area (Å²) in [5.74, 6) is -0.544. The highest BCUT2D eigenvalue weighted by Crippen LogP contribution is 2.25. The molecule has 0 unspecified atom stereocenters. The number of benzene rings is 2. The molecule has 0 atom stereocenters. The lowest BCUT2D eigenvalue weighted by molar-refractivity contribution is -0.113. The van der Waals surface area contributed by atoms with Crippen LogP contribution in [0.5, 0.6) is 0 Å². The van der Waals surface area contributed by atoms with Crippen molar-refractivity contribution in [1.29, 1.82) is 5.26 Å². The molecule has 1 amide bonds. The summed E-state index contributed by atoms with van der Waals surface area (Å²) in [5.41, 5.74) is 7.16. The van der Waals surface area contributed by atoms with Gasteiger partial charge in [0.1, 0.15) is 5.82 Å². The van der Waals surface area contributed by atoms with Crippen molar-refractivity contribution in [3.63, 3.8) is 0 Å². The Morgan fingerprint density at radius 3 is 2.90 bits per heavy atom. The van der Waals surface area contributed by atoms with Crippen molar-refractivity contribution in [1.82, 2.24) is 0 Å². The number of nitrogen functional groups attached to an aromatic ring is 1. The van der Waals surface area contributed by atoms with Gasteiger partial charge < -0.3 is 11.1 Å². The fraction of sp³-hybridized carbons (Fsp3) is 0.0667. The van der Waals surface area contributed by atoms with Gasteiger partial charge in [-0.05, 0) is 36.4 Å². The highest BCUT2D eigenvalue weighted by Gasteiger charge is 2.07. The largest absolute Gasteiger partial charge is 0.398 e. The monoisotopic (exact) mass is 301 g/mol. The number of anilines is 2. The summed E-state index contributed by atoms with van der Waals surface area (Å²) in [6, 6.07) is 12.6. The number of halogens is 1. The molecule has 2 aromatic rings. The number of nitriles is 1. The first-order chi connectivity index (χ1) is 10.1. The molecule has 0 heterocycles. The van der Waals surface area contributed by atoms with Crippen LogP contribution in [-0.2, 0) is 4.79 Å². The van der Waals surface area contributed by atoms with E-state index in [1.54, 1.807) is 24.3 Å². The van der Waals surface area contributed by atoms with E-state index < -0.39 is 5.82 Å². The summed E-state index contributed by atoms with van der Waals surface area (Å²) in [5, 5.41) is 11.5. The van der Waals surface area contributed by atoms with Crippen LogP contribution in [0.1, 0.15) is 5.56 Å². The van der Waals surface area contributed by atoms with Crippen LogP contribution in [0.15, 0.2) is 47.4 Å². The number of hydrogen-bond acceptors (Lipinski definition) is 4. The van der Waals surface area contributed by atoms with Gasteiger partial charge in [-0.2, -0.15) is 5.26 Å². The van der Waals surface area contributed by atoms with Gasteiger partial charge in [-0.15, -0.1) is 11.8 Å². The third-order valence-electron chi connectivity index (χ3n) is 2.61. The second-order valence-corrected chi connectivity index (χ2v) is 5.23. The normalized spacial score (nSPS) is 9.90. The van der Waals surface area contributed by atoms with Gasteiger partial charge in [0.2, 0.25) is 5.91 Å². The highest BCUT2D eigenvalue weighted by molar-refractivity contribution is 8.00. The molecule has 4 nitrogen and oxygen atoms in total. The van der Waals surface area contributed by atoms with Crippen molar-refractivity contribution < 1.29 is 9.18 Å². The zero-order valence-electron chi connectivity index (χ0n) is 11.0. The Kier molecular flexibility index (Phi) is 4.80. The van der Waals surface area contributed by atoms with Gasteiger partial charge in [0.05, 0.1) is 17.4 Å². The number of rotatable bonds is 4. The van der Waals surface area contributed by atoms with Crippen LogP contribution in [0.4, 0.5) is 15.8 Å². The molecule has 6 heteroatoms. The average Bonchev–Trinajstić information content (AvgIpc) is 2.48. The van der Waals surface area contributed by atoms with E-state index in [1.807, 2.05) is 6.07 Å². The minimum absolute atomic E-state index is 0.102. The van der Waals surface area contributed by atoms with E-state index in [9.17, 15) is 9.18 Å². The van der Waals surface area contributed by atoms with E-state index in [2.05, 4.69) is 5.32 Å². The van der Waals surface area contributed by atoms with Crippen LogP contribution in [0, 0.1) is 17.1 Å². The summed E-state index contributed by atoms with van der Waals surface area (Å²) in [4.78, 5) is 12.4. The molecular formula is C15H12FN3OS. The van der Waals surface area contributed by atoms with E-state index in [0.29, 0.717) is 21.8 Å². The zero-order valence-corrected chi connectivity index (χ0v) is 11.8. The first kappa shape index (κ1) is 14.9. The Morgan fingerprint density at radius 2 is 2.14 bits per heavy atom. The molecule has 0 saturated heterocycles. The van der Waals surface area contributed by atoms with Crippen LogP contribution in [0.25, 0.3) is 0 Å². The van der Waals surface area contributed by atoms with Crippen LogP contribution in [0.3, 0.4) is 0 Å². The number of nitrogens with one attached hydrogen (secondary N) is 1. The molecule has 0 aliphatic carbocycles. The van der Waals surface area contributed by atoms with Gasteiger partial charge in [0, 0.05) is 16.3 Å². The van der Waals surface area contributed by atoms with Gasteiger partial charge in [0.15, 0.2) is 0 Å². The van der Waals surface area contributed by atoms with E-state index >= 15 is 0 Å². The quantitative estimate of drug-likeness (QED) is 0.672. The number of thioether (sulfide) groups is 1. The van der Waals surface area contributed by atoms with Crippen molar-refractivity contribution in [2.45, 2.75) is 4.90 Å². The second kappa shape index (κ2) is 6.77. The second-order valence-electron chi connectivity index (χ2n) is 4.21. The number of hydrogen-bond donors (Lipinski definition) is 2. The lowest BCUT2D eigenvalue weighted by atomic mass is 10.2. The minimum Gasteiger partial charge on any atom is -0.398 e. The molecule has 106 valence electrons. The van der Waals surface area contributed by atoms with Crippen molar-refractivity contribution >= 4 is 29.0 Å². The molecule has 0 aromatic heterocycles. The molecule has 2 rings (SSSR count). The molecule has 0 fully saturated rings. The smallest absolute Gasteiger partial charge is 0.234 e. The molecule has 2 aromatic carbocycles. The molecule has 21 heavy (non-hydrogen) atoms. The summed E-state index contributed by atoms with van der Waals surface area (Å²) in [7, 11) is 0. The van der Waals surface area contributed by atoms with Crippen LogP contribution >= 0.6 is 11.8 Å². The third-order valence-corrected chi connectivity index (χ3v) is 3.68. The zero-order chi connectivity index (χ0) is 15.2. The Hall–Kier alpha value is -2.52. The van der Waals surface area contributed by atoms with Crippen LogP contribution in [0.2, 0.25) is 0 Å². The third kappa shape index (κ3) is 4.23. The topological polar surface area (TPSA) is 78.9 Å². The van der Waals surface area contributed by atoms with Gasteiger partial charge in [-0.1, -0.05) is 6.07 Å². The fourth-order valence-corrected chi connectivity index (χ4v) is 2.43. The first-order valence-electron chi connectivity index (χ1n) is 6.06. The van der Waals surface area contributed by atoms with Crippen LogP contribution < -0.4 is 11.1 Å². The summed E-state index contributed by atoms with van der Waals surface area (Å²) >= 11 is 1.16. The van der Waals surface area contributed by atoms with Gasteiger partial charge >= 0.3 is 0 Å². The summed E-state index contributed by atoms with van der Waals surface area (Å²) in [6.07, 6.45) is 0. The fourth-order valence-electron chi connectivity index (χ4n) is 1.64. The molecule has 0 spiro atoms. The molecule has 0 saturated carbocycles. The molecule has 3 N–H and O–H groups in total. The maximum atomic E-state index is 13.1. The SMILES string of the molecule is N#Cc1cccc(NC(=O)CSc2cc(F)ccc2N)c1. The maximum absolute atomic E-state index is 13.1. The van der Waals surface area contributed by atoms with Gasteiger partial charge in [0.25, 0.3) is 0 Å². The Morgan fingerprint density at radius 1 is 1.33 bits per heavy atom. The number of carbonyl (C=O) groups is 1. The Bertz CT molecular complexity index is 712. The van der Waals surface area contributed by atoms with E-state index in [4.69, 9.17) is 11.0 Å². The highest BCUT2D eigenvalue weighted by atomic mass is 32.2. The van der Waals surface area contributed by atoms with Crippen molar-refractivity contribution in [2.24, 2.45) is 0 Å². The molecule has 0 radical (unpaired) electrons. The van der Waals surface area contributed by atoms with E-state index in [-0.39, 0.29) is 11.7 Å². The van der Waals surface area contributed by atoms with Crippen molar-refractivity contribution in [3.8, 4) is 6.07 Å². The average molecular weight is 301 g/mol. The maximum Gasteiger partial charge on any atom is 0.234 e. The van der Waals surface area contributed by atoms with Crippen molar-refractivity contribution in [2.75, 3.05) is 16.8 Å². The Balaban J connectivity index is 1.96. The van der Waals surface area contributed by atoms with Gasteiger partial charge in [-0.25, -0.2) is 4.39 Å². The van der Waals surface area contributed by atoms with Gasteiger partial charge in [-0.3, -0.25) is 4.79 Å².